The number of ether oxygens (including phenoxy) is 2. The van der Waals surface area contributed by atoms with E-state index in [4.69, 9.17) is 9.47 Å². The Labute approximate surface area is 125 Å². The van der Waals surface area contributed by atoms with Crippen LogP contribution in [0.25, 0.3) is 5.57 Å². The molecule has 0 unspecified atom stereocenters. The normalized spacial score (nSPS) is 19.8. The lowest BCUT2D eigenvalue weighted by Crippen LogP contribution is -2.11. The number of hydrogen-bond acceptors (Lipinski definition) is 3. The summed E-state index contributed by atoms with van der Waals surface area (Å²) in [6.45, 7) is 0. The highest BCUT2D eigenvalue weighted by Crippen LogP contribution is 2.36. The molecule has 1 aliphatic heterocycles. The van der Waals surface area contributed by atoms with Gasteiger partial charge in [-0.05, 0) is 73.0 Å². The molecule has 1 aliphatic carbocycles. The topological polar surface area (TPSA) is 18.5 Å². The molecule has 3 rings (SSSR count). The van der Waals surface area contributed by atoms with Crippen LogP contribution in [0, 0.1) is 0 Å². The Kier molecular flexibility index (Phi) is 4.56. The smallest absolute Gasteiger partial charge is 0.162 e. The van der Waals surface area contributed by atoms with Crippen LogP contribution in [0.5, 0.6) is 11.5 Å². The fourth-order valence-electron chi connectivity index (χ4n) is 2.93. The predicted octanol–water partition coefficient (Wildman–Crippen LogP) is 4.88. The van der Waals surface area contributed by atoms with Crippen LogP contribution in [0.1, 0.15) is 44.1 Å². The molecule has 20 heavy (non-hydrogen) atoms. The molecule has 1 fully saturated rings. The number of thioether (sulfide) groups is 1. The first kappa shape index (κ1) is 13.9. The summed E-state index contributed by atoms with van der Waals surface area (Å²) in [6, 6.07) is 6.35. The van der Waals surface area contributed by atoms with Crippen LogP contribution in [-0.4, -0.2) is 19.0 Å². The Hall–Kier alpha value is -1.09. The van der Waals surface area contributed by atoms with Gasteiger partial charge in [0.05, 0.1) is 13.2 Å². The molecule has 1 saturated carbocycles. The first-order valence-corrected chi connectivity index (χ1v) is 8.57. The lowest BCUT2D eigenvalue weighted by molar-refractivity contribution is 0.200. The summed E-state index contributed by atoms with van der Waals surface area (Å²) < 4.78 is 11.6. The number of allylic oxidation sites excluding steroid dienone is 1. The van der Waals surface area contributed by atoms with Gasteiger partial charge in [0.1, 0.15) is 0 Å². The van der Waals surface area contributed by atoms with Gasteiger partial charge in [0, 0.05) is 0 Å². The van der Waals surface area contributed by atoms with E-state index in [9.17, 15) is 0 Å². The summed E-state index contributed by atoms with van der Waals surface area (Å²) >= 11 is 1.91. The molecule has 0 saturated heterocycles. The maximum absolute atomic E-state index is 6.17. The van der Waals surface area contributed by atoms with Crippen molar-refractivity contribution >= 4 is 17.3 Å². The van der Waals surface area contributed by atoms with E-state index in [0.717, 1.165) is 11.5 Å². The molecule has 108 valence electrons. The largest absolute Gasteiger partial charge is 0.493 e. The Morgan fingerprint density at radius 3 is 2.65 bits per heavy atom. The van der Waals surface area contributed by atoms with E-state index < -0.39 is 0 Å². The molecule has 2 aliphatic rings. The van der Waals surface area contributed by atoms with Crippen molar-refractivity contribution in [3.63, 3.8) is 0 Å². The van der Waals surface area contributed by atoms with Crippen LogP contribution in [0.15, 0.2) is 23.6 Å². The molecule has 2 nitrogen and oxygen atoms in total. The second-order valence-corrected chi connectivity index (χ2v) is 6.48. The summed E-state index contributed by atoms with van der Waals surface area (Å²) in [7, 11) is 1.71. The molecular formula is C17H22O2S. The van der Waals surface area contributed by atoms with Crippen LogP contribution in [0.2, 0.25) is 0 Å². The second kappa shape index (κ2) is 6.57. The number of methoxy groups -OCH3 is 1. The van der Waals surface area contributed by atoms with Gasteiger partial charge in [-0.3, -0.25) is 0 Å². The van der Waals surface area contributed by atoms with E-state index in [0.29, 0.717) is 6.10 Å². The van der Waals surface area contributed by atoms with Gasteiger partial charge < -0.3 is 9.47 Å². The van der Waals surface area contributed by atoms with Crippen molar-refractivity contribution in [1.29, 1.82) is 0 Å². The van der Waals surface area contributed by atoms with Crippen LogP contribution in [0.4, 0.5) is 0 Å². The molecule has 1 heterocycles. The third kappa shape index (κ3) is 3.14. The minimum absolute atomic E-state index is 0.369. The minimum atomic E-state index is 0.369. The molecular weight excluding hydrogens is 268 g/mol. The summed E-state index contributed by atoms with van der Waals surface area (Å²) in [5.41, 5.74) is 2.71. The zero-order chi connectivity index (χ0) is 13.8. The lowest BCUT2D eigenvalue weighted by Gasteiger charge is -2.18. The van der Waals surface area contributed by atoms with Crippen molar-refractivity contribution in [2.45, 2.75) is 44.6 Å². The van der Waals surface area contributed by atoms with Crippen LogP contribution in [0.3, 0.4) is 0 Å². The quantitative estimate of drug-likeness (QED) is 0.787. The maximum Gasteiger partial charge on any atom is 0.162 e. The van der Waals surface area contributed by atoms with E-state index in [1.807, 2.05) is 17.8 Å². The van der Waals surface area contributed by atoms with Crippen LogP contribution in [-0.2, 0) is 0 Å². The maximum atomic E-state index is 6.17. The van der Waals surface area contributed by atoms with Gasteiger partial charge in [0.15, 0.2) is 11.5 Å². The average Bonchev–Trinajstić information content (AvgIpc) is 3.01. The molecule has 3 heteroatoms. The fraction of sp³-hybridized carbons (Fsp3) is 0.529. The molecule has 0 spiro atoms. The highest BCUT2D eigenvalue weighted by atomic mass is 32.2. The highest BCUT2D eigenvalue weighted by Gasteiger charge is 2.19. The standard InChI is InChI=1S/C17H22O2S/c1-18-16-9-8-13(14-5-4-10-20-12-14)11-17(16)19-15-6-2-3-7-15/h8-9,11-12,15H,2-7,10H2,1H3. The number of rotatable bonds is 4. The van der Waals surface area contributed by atoms with E-state index >= 15 is 0 Å². The van der Waals surface area contributed by atoms with Crippen molar-refractivity contribution in [3.8, 4) is 11.5 Å². The molecule has 0 N–H and O–H groups in total. The third-order valence-electron chi connectivity index (χ3n) is 4.06. The Morgan fingerprint density at radius 1 is 1.10 bits per heavy atom. The molecule has 0 aromatic heterocycles. The fourth-order valence-corrected chi connectivity index (χ4v) is 3.82. The summed E-state index contributed by atoms with van der Waals surface area (Å²) in [5.74, 6) is 3.00. The summed E-state index contributed by atoms with van der Waals surface area (Å²) in [4.78, 5) is 0. The van der Waals surface area contributed by atoms with Gasteiger partial charge in [0.2, 0.25) is 0 Å². The van der Waals surface area contributed by atoms with Gasteiger partial charge in [0.25, 0.3) is 0 Å². The molecule has 0 atom stereocenters. The molecule has 1 aromatic rings. The van der Waals surface area contributed by atoms with Gasteiger partial charge >= 0.3 is 0 Å². The van der Waals surface area contributed by atoms with E-state index in [1.165, 1.54) is 55.4 Å². The summed E-state index contributed by atoms with van der Waals surface area (Å²) in [6.07, 6.45) is 7.72. The average molecular weight is 290 g/mol. The Bertz CT molecular complexity index is 490. The van der Waals surface area contributed by atoms with Crippen LogP contribution < -0.4 is 9.47 Å². The Morgan fingerprint density at radius 2 is 1.95 bits per heavy atom. The minimum Gasteiger partial charge on any atom is -0.493 e. The molecule has 0 bridgehead atoms. The van der Waals surface area contributed by atoms with Crippen molar-refractivity contribution < 1.29 is 9.47 Å². The zero-order valence-corrected chi connectivity index (χ0v) is 12.9. The van der Waals surface area contributed by atoms with E-state index in [1.54, 1.807) is 7.11 Å². The molecule has 1 aromatic carbocycles. The Balaban J connectivity index is 1.83. The monoisotopic (exact) mass is 290 g/mol. The van der Waals surface area contributed by atoms with Gasteiger partial charge in [-0.15, -0.1) is 11.8 Å². The first-order valence-electron chi connectivity index (χ1n) is 7.52. The van der Waals surface area contributed by atoms with Crippen molar-refractivity contribution in [2.75, 3.05) is 12.9 Å². The SMILES string of the molecule is COc1ccc(C2=CSCCC2)cc1OC1CCCC1. The van der Waals surface area contributed by atoms with Gasteiger partial charge in [-0.25, -0.2) is 0 Å². The first-order chi connectivity index (χ1) is 9.86. The predicted molar refractivity (Wildman–Crippen MR) is 85.5 cm³/mol. The molecule has 0 radical (unpaired) electrons. The molecule has 0 amide bonds. The van der Waals surface area contributed by atoms with E-state index in [2.05, 4.69) is 17.5 Å². The number of hydrogen-bond donors (Lipinski definition) is 0. The highest BCUT2D eigenvalue weighted by molar-refractivity contribution is 8.02. The zero-order valence-electron chi connectivity index (χ0n) is 12.1. The van der Waals surface area contributed by atoms with Crippen LogP contribution >= 0.6 is 11.8 Å². The second-order valence-electron chi connectivity index (χ2n) is 5.51. The van der Waals surface area contributed by atoms with Crippen molar-refractivity contribution in [2.24, 2.45) is 0 Å². The third-order valence-corrected chi connectivity index (χ3v) is 5.04. The van der Waals surface area contributed by atoms with Crippen molar-refractivity contribution in [3.05, 3.63) is 29.2 Å². The number of benzene rings is 1. The van der Waals surface area contributed by atoms with Crippen molar-refractivity contribution in [1.82, 2.24) is 0 Å². The van der Waals surface area contributed by atoms with Gasteiger partial charge in [-0.1, -0.05) is 6.07 Å². The van der Waals surface area contributed by atoms with E-state index in [-0.39, 0.29) is 0 Å². The summed E-state index contributed by atoms with van der Waals surface area (Å²) in [5, 5.41) is 2.30. The van der Waals surface area contributed by atoms with Gasteiger partial charge in [-0.2, -0.15) is 0 Å². The lowest BCUT2D eigenvalue weighted by atomic mass is 10.0.